The number of nitrogens with zero attached hydrogens (tertiary/aromatic N) is 2. The van der Waals surface area contributed by atoms with Gasteiger partial charge in [0.25, 0.3) is 11.9 Å². The molecule has 0 bridgehead atoms. The van der Waals surface area contributed by atoms with Crippen molar-refractivity contribution in [2.24, 2.45) is 4.99 Å². The smallest absolute Gasteiger partial charge is 0.295 e. The van der Waals surface area contributed by atoms with Crippen LogP contribution in [-0.4, -0.2) is 36.0 Å². The lowest BCUT2D eigenvalue weighted by molar-refractivity contribution is -0.118. The lowest BCUT2D eigenvalue weighted by atomic mass is 10.3. The first-order valence-corrected chi connectivity index (χ1v) is 3.79. The van der Waals surface area contributed by atoms with Gasteiger partial charge < -0.3 is 9.64 Å². The molecule has 1 unspecified atom stereocenters. The Balaban J connectivity index is 2.20. The van der Waals surface area contributed by atoms with Gasteiger partial charge in [-0.1, -0.05) is 0 Å². The zero-order chi connectivity index (χ0) is 7.84. The zero-order valence-corrected chi connectivity index (χ0v) is 6.41. The van der Waals surface area contributed by atoms with E-state index in [9.17, 15) is 4.79 Å². The van der Waals surface area contributed by atoms with Crippen LogP contribution in [0.5, 0.6) is 0 Å². The van der Waals surface area contributed by atoms with Crippen LogP contribution >= 0.6 is 0 Å². The van der Waals surface area contributed by atoms with E-state index in [2.05, 4.69) is 4.99 Å². The van der Waals surface area contributed by atoms with Crippen LogP contribution in [0.4, 0.5) is 0 Å². The van der Waals surface area contributed by atoms with Gasteiger partial charge in [-0.25, -0.2) is 0 Å². The molecule has 4 heteroatoms. The Kier molecular flexibility index (Phi) is 1.34. The van der Waals surface area contributed by atoms with Gasteiger partial charge in [0, 0.05) is 13.0 Å². The van der Waals surface area contributed by atoms with E-state index in [0.717, 1.165) is 13.1 Å². The summed E-state index contributed by atoms with van der Waals surface area (Å²) in [4.78, 5) is 16.6. The third kappa shape index (κ3) is 1.08. The van der Waals surface area contributed by atoms with Crippen molar-refractivity contribution in [3.63, 3.8) is 0 Å². The Hall–Kier alpha value is -1.06. The van der Waals surface area contributed by atoms with Gasteiger partial charge in [0.2, 0.25) is 0 Å². The van der Waals surface area contributed by atoms with E-state index in [4.69, 9.17) is 4.74 Å². The third-order valence-electron chi connectivity index (χ3n) is 1.87. The topological polar surface area (TPSA) is 41.9 Å². The average Bonchev–Trinajstić information content (AvgIpc) is 2.27. The summed E-state index contributed by atoms with van der Waals surface area (Å²) in [5.74, 6) is -0.0645. The summed E-state index contributed by atoms with van der Waals surface area (Å²) in [6.07, 6.45) is 0.708. The fourth-order valence-electron chi connectivity index (χ4n) is 1.36. The first kappa shape index (κ1) is 6.64. The zero-order valence-electron chi connectivity index (χ0n) is 6.41. The molecule has 2 heterocycles. The Morgan fingerprint density at radius 3 is 3.36 bits per heavy atom. The Morgan fingerprint density at radius 2 is 2.55 bits per heavy atom. The molecule has 0 saturated carbocycles. The predicted octanol–water partition coefficient (Wildman–Crippen LogP) is -0.00660. The molecule has 0 aromatic carbocycles. The molecule has 11 heavy (non-hydrogen) atoms. The van der Waals surface area contributed by atoms with Crippen molar-refractivity contribution < 1.29 is 9.53 Å². The van der Waals surface area contributed by atoms with Gasteiger partial charge in [0.15, 0.2) is 0 Å². The summed E-state index contributed by atoms with van der Waals surface area (Å²) < 4.78 is 5.29. The van der Waals surface area contributed by atoms with Gasteiger partial charge in [0.1, 0.15) is 6.10 Å². The summed E-state index contributed by atoms with van der Waals surface area (Å²) in [7, 11) is 0. The van der Waals surface area contributed by atoms with Crippen molar-refractivity contribution in [3.8, 4) is 0 Å². The lowest BCUT2D eigenvalue weighted by Gasteiger charge is -2.17. The van der Waals surface area contributed by atoms with E-state index >= 15 is 0 Å². The number of aliphatic imine (C=N–C) groups is 1. The molecule has 0 aliphatic carbocycles. The fraction of sp³-hybridized carbons (Fsp3) is 0.714. The van der Waals surface area contributed by atoms with Crippen LogP contribution in [0.15, 0.2) is 4.99 Å². The molecule has 2 aliphatic rings. The Labute approximate surface area is 64.8 Å². The molecule has 0 aromatic rings. The Morgan fingerprint density at radius 1 is 1.73 bits per heavy atom. The van der Waals surface area contributed by atoms with Crippen molar-refractivity contribution in [2.75, 3.05) is 13.1 Å². The summed E-state index contributed by atoms with van der Waals surface area (Å²) in [5, 5.41) is 0. The van der Waals surface area contributed by atoms with Crippen molar-refractivity contribution in [2.45, 2.75) is 19.4 Å². The third-order valence-corrected chi connectivity index (χ3v) is 1.87. The molecular formula is C7H10N2O2. The van der Waals surface area contributed by atoms with Gasteiger partial charge in [0.05, 0.1) is 6.54 Å². The number of fused-ring (bicyclic) bond motifs is 1. The SMILES string of the molecule is CC1CN2CCC(=O)N=C2O1. The molecule has 1 amide bonds. The van der Waals surface area contributed by atoms with Gasteiger partial charge in [-0.3, -0.25) is 4.79 Å². The van der Waals surface area contributed by atoms with Crippen LogP contribution in [0, 0.1) is 0 Å². The minimum atomic E-state index is -0.0645. The van der Waals surface area contributed by atoms with Gasteiger partial charge in [-0.15, -0.1) is 0 Å². The molecule has 4 nitrogen and oxygen atoms in total. The largest absolute Gasteiger partial charge is 0.460 e. The number of carbonyl (C=O) groups excluding carboxylic acids is 1. The maximum atomic E-state index is 10.8. The summed E-state index contributed by atoms with van der Waals surface area (Å²) in [6.45, 7) is 3.61. The normalized spacial score (nSPS) is 29.5. The van der Waals surface area contributed by atoms with E-state index < -0.39 is 0 Å². The van der Waals surface area contributed by atoms with Gasteiger partial charge >= 0.3 is 0 Å². The lowest BCUT2D eigenvalue weighted by Crippen LogP contribution is -2.32. The quantitative estimate of drug-likeness (QED) is 0.493. The number of ether oxygens (including phenoxy) is 1. The first-order valence-electron chi connectivity index (χ1n) is 3.79. The van der Waals surface area contributed by atoms with Crippen LogP contribution in [0.25, 0.3) is 0 Å². The molecule has 2 aliphatic heterocycles. The molecular weight excluding hydrogens is 144 g/mol. The Bertz CT molecular complexity index is 224. The van der Waals surface area contributed by atoms with Crippen molar-refractivity contribution in [3.05, 3.63) is 0 Å². The highest BCUT2D eigenvalue weighted by Crippen LogP contribution is 2.14. The average molecular weight is 154 g/mol. The molecule has 1 atom stereocenters. The second kappa shape index (κ2) is 2.22. The molecule has 1 fully saturated rings. The number of rotatable bonds is 0. The molecule has 0 aromatic heterocycles. The second-order valence-electron chi connectivity index (χ2n) is 2.91. The van der Waals surface area contributed by atoms with Crippen LogP contribution in [0.1, 0.15) is 13.3 Å². The molecule has 2 rings (SSSR count). The first-order chi connectivity index (χ1) is 5.25. The van der Waals surface area contributed by atoms with E-state index in [0.29, 0.717) is 12.4 Å². The van der Waals surface area contributed by atoms with Crippen molar-refractivity contribution in [1.82, 2.24) is 4.90 Å². The number of amides is 1. The molecule has 60 valence electrons. The standard InChI is InChI=1S/C7H10N2O2/c1-5-4-9-3-2-6(10)8-7(9)11-5/h5H,2-4H2,1H3. The van der Waals surface area contributed by atoms with E-state index in [1.807, 2.05) is 11.8 Å². The maximum absolute atomic E-state index is 10.8. The predicted molar refractivity (Wildman–Crippen MR) is 39.2 cm³/mol. The van der Waals surface area contributed by atoms with Crippen LogP contribution in [0.3, 0.4) is 0 Å². The summed E-state index contributed by atoms with van der Waals surface area (Å²) in [5.41, 5.74) is 0. The highest BCUT2D eigenvalue weighted by molar-refractivity contribution is 5.93. The highest BCUT2D eigenvalue weighted by atomic mass is 16.5. The minimum absolute atomic E-state index is 0.0645. The number of hydrogen-bond donors (Lipinski definition) is 0. The van der Waals surface area contributed by atoms with Crippen LogP contribution < -0.4 is 0 Å². The second-order valence-corrected chi connectivity index (χ2v) is 2.91. The fourth-order valence-corrected chi connectivity index (χ4v) is 1.36. The van der Waals surface area contributed by atoms with E-state index in [1.54, 1.807) is 0 Å². The van der Waals surface area contributed by atoms with Gasteiger partial charge in [-0.2, -0.15) is 4.99 Å². The van der Waals surface area contributed by atoms with E-state index in [1.165, 1.54) is 0 Å². The maximum Gasteiger partial charge on any atom is 0.295 e. The monoisotopic (exact) mass is 154 g/mol. The van der Waals surface area contributed by atoms with E-state index in [-0.39, 0.29) is 12.0 Å². The number of carbonyl (C=O) groups is 1. The molecule has 0 N–H and O–H groups in total. The van der Waals surface area contributed by atoms with Crippen LogP contribution in [0.2, 0.25) is 0 Å². The van der Waals surface area contributed by atoms with Crippen molar-refractivity contribution >= 4 is 11.9 Å². The van der Waals surface area contributed by atoms with Crippen LogP contribution in [-0.2, 0) is 9.53 Å². The molecule has 1 saturated heterocycles. The number of hydrogen-bond acceptors (Lipinski definition) is 3. The summed E-state index contributed by atoms with van der Waals surface area (Å²) >= 11 is 0. The van der Waals surface area contributed by atoms with Crippen molar-refractivity contribution in [1.29, 1.82) is 0 Å². The molecule has 0 radical (unpaired) electrons. The van der Waals surface area contributed by atoms with Gasteiger partial charge in [-0.05, 0) is 6.92 Å². The summed E-state index contributed by atoms with van der Waals surface area (Å²) in [6, 6.07) is 0.522. The minimum Gasteiger partial charge on any atom is -0.460 e. The molecule has 0 spiro atoms. The highest BCUT2D eigenvalue weighted by Gasteiger charge is 2.30. The number of amidine groups is 1.